The average Bonchev–Trinajstić information content (AvgIpc) is 2.96. The van der Waals surface area contributed by atoms with Crippen molar-refractivity contribution >= 4 is 22.0 Å². The van der Waals surface area contributed by atoms with Crippen LogP contribution < -0.4 is 0 Å². The molecule has 3 aliphatic rings. The molecule has 7 heteroatoms. The van der Waals surface area contributed by atoms with Crippen molar-refractivity contribution in [1.82, 2.24) is 14.7 Å². The summed E-state index contributed by atoms with van der Waals surface area (Å²) in [5.41, 5.74) is 2.56. The van der Waals surface area contributed by atoms with Crippen molar-refractivity contribution in [3.8, 4) is 0 Å². The number of hydrogen-bond acceptors (Lipinski definition) is 4. The number of piperazine rings is 1. The predicted molar refractivity (Wildman–Crippen MR) is 112 cm³/mol. The number of aliphatic hydroxyl groups is 1. The van der Waals surface area contributed by atoms with Gasteiger partial charge in [0.2, 0.25) is 0 Å². The zero-order valence-electron chi connectivity index (χ0n) is 16.6. The van der Waals surface area contributed by atoms with E-state index < -0.39 is 6.09 Å². The topological polar surface area (TPSA) is 67.2 Å². The minimum Gasteiger partial charge on any atom is -0.465 e. The van der Waals surface area contributed by atoms with E-state index in [1.54, 1.807) is 0 Å². The average molecular weight is 452 g/mol. The molecule has 1 aromatic rings. The highest BCUT2D eigenvalue weighted by Gasteiger charge is 2.43. The molecule has 0 aromatic heterocycles. The van der Waals surface area contributed by atoms with Gasteiger partial charge in [-0.05, 0) is 49.9 Å². The lowest BCUT2D eigenvalue weighted by molar-refractivity contribution is -0.0489. The summed E-state index contributed by atoms with van der Waals surface area (Å²) in [6.07, 6.45) is 1.33. The number of rotatable bonds is 2. The van der Waals surface area contributed by atoms with Crippen LogP contribution in [0.3, 0.4) is 0 Å². The second kappa shape index (κ2) is 7.59. The largest absolute Gasteiger partial charge is 0.465 e. The molecule has 28 heavy (non-hydrogen) atoms. The van der Waals surface area contributed by atoms with Crippen molar-refractivity contribution in [2.75, 3.05) is 32.7 Å². The summed E-state index contributed by atoms with van der Waals surface area (Å²) in [5.74, 6) is 0. The number of benzene rings is 1. The smallest absolute Gasteiger partial charge is 0.407 e. The van der Waals surface area contributed by atoms with Crippen LogP contribution in [0.15, 0.2) is 22.7 Å². The highest BCUT2D eigenvalue weighted by Crippen LogP contribution is 2.40. The van der Waals surface area contributed by atoms with Crippen molar-refractivity contribution in [1.29, 1.82) is 0 Å². The molecular weight excluding hydrogens is 422 g/mol. The zero-order valence-corrected chi connectivity index (χ0v) is 18.2. The first kappa shape index (κ1) is 20.1. The number of aliphatic hydroxyl groups excluding tert-OH is 1. The molecule has 1 aromatic carbocycles. The molecule has 154 valence electrons. The van der Waals surface area contributed by atoms with Gasteiger partial charge in [0.25, 0.3) is 0 Å². The van der Waals surface area contributed by atoms with Gasteiger partial charge in [-0.2, -0.15) is 0 Å². The lowest BCUT2D eigenvalue weighted by Gasteiger charge is -2.52. The van der Waals surface area contributed by atoms with Crippen LogP contribution in [0, 0.1) is 0 Å². The number of hydrogen-bond donors (Lipinski definition) is 2. The van der Waals surface area contributed by atoms with Gasteiger partial charge in [-0.1, -0.05) is 22.0 Å². The van der Waals surface area contributed by atoms with E-state index in [0.29, 0.717) is 19.1 Å². The molecule has 0 spiro atoms. The quantitative estimate of drug-likeness (QED) is 0.723. The van der Waals surface area contributed by atoms with Crippen LogP contribution in [0.25, 0.3) is 0 Å². The van der Waals surface area contributed by atoms with Gasteiger partial charge >= 0.3 is 6.09 Å². The highest BCUT2D eigenvalue weighted by atomic mass is 79.9. The second-order valence-electron chi connectivity index (χ2n) is 8.86. The van der Waals surface area contributed by atoms with E-state index in [1.165, 1.54) is 16.0 Å². The molecular formula is C21H30BrN3O3. The summed E-state index contributed by atoms with van der Waals surface area (Å²) in [7, 11) is 0. The molecule has 2 N–H and O–H groups in total. The van der Waals surface area contributed by atoms with Gasteiger partial charge in [-0.3, -0.25) is 9.80 Å². The molecule has 3 atom stereocenters. The van der Waals surface area contributed by atoms with Gasteiger partial charge in [0.05, 0.1) is 12.1 Å². The van der Waals surface area contributed by atoms with Gasteiger partial charge in [0.1, 0.15) is 0 Å². The molecule has 4 rings (SSSR count). The van der Waals surface area contributed by atoms with Crippen LogP contribution in [0.5, 0.6) is 0 Å². The molecule has 2 aliphatic heterocycles. The fraction of sp³-hybridized carbons (Fsp3) is 0.667. The van der Waals surface area contributed by atoms with Crippen molar-refractivity contribution in [3.05, 3.63) is 33.8 Å². The summed E-state index contributed by atoms with van der Waals surface area (Å²) in [4.78, 5) is 17.8. The normalized spacial score (nSPS) is 31.0. The molecule has 0 bridgehead atoms. The summed E-state index contributed by atoms with van der Waals surface area (Å²) >= 11 is 3.54. The molecule has 2 fully saturated rings. The molecule has 0 radical (unpaired) electrons. The van der Waals surface area contributed by atoms with Crippen LogP contribution >= 0.6 is 15.9 Å². The van der Waals surface area contributed by atoms with Crippen molar-refractivity contribution in [2.45, 2.75) is 56.8 Å². The minimum atomic E-state index is -0.805. The van der Waals surface area contributed by atoms with E-state index in [1.807, 2.05) is 0 Å². The minimum absolute atomic E-state index is 0.0589. The number of fused-ring (bicyclic) bond motifs is 1. The van der Waals surface area contributed by atoms with Crippen molar-refractivity contribution in [2.24, 2.45) is 0 Å². The SMILES string of the molecule is C[C@H]1CN(C2(C)CCN(C(=O)O)CC2)CCN1[C@@H]1c2ccc(Br)cc2C[C@H]1O. The standard InChI is InChI=1S/C21H30BrN3O3/c1-14-13-24(21(2)5-7-23(8-6-21)20(27)28)9-10-25(14)19-17-4-3-16(22)11-15(17)12-18(19)26/h3-4,11,14,18-19,26H,5-10,12-13H2,1-2H3,(H,27,28)/t14-,18+,19+/m0/s1. The van der Waals surface area contributed by atoms with Gasteiger partial charge < -0.3 is 15.1 Å². The third kappa shape index (κ3) is 3.58. The molecule has 0 saturated carbocycles. The molecule has 2 heterocycles. The maximum Gasteiger partial charge on any atom is 0.407 e. The first-order valence-electron chi connectivity index (χ1n) is 10.2. The first-order valence-corrected chi connectivity index (χ1v) is 11.0. The number of carboxylic acid groups (broad SMARTS) is 1. The number of amides is 1. The zero-order chi connectivity index (χ0) is 20.1. The van der Waals surface area contributed by atoms with E-state index in [2.05, 4.69) is 57.8 Å². The fourth-order valence-electron chi connectivity index (χ4n) is 5.35. The third-order valence-electron chi connectivity index (χ3n) is 7.13. The summed E-state index contributed by atoms with van der Waals surface area (Å²) in [6, 6.07) is 6.78. The highest BCUT2D eigenvalue weighted by molar-refractivity contribution is 9.10. The van der Waals surface area contributed by atoms with E-state index in [-0.39, 0.29) is 17.7 Å². The Morgan fingerprint density at radius 2 is 1.93 bits per heavy atom. The number of nitrogens with zero attached hydrogens (tertiary/aromatic N) is 3. The lowest BCUT2D eigenvalue weighted by atomic mass is 9.86. The lowest BCUT2D eigenvalue weighted by Crippen LogP contribution is -2.62. The number of piperidine rings is 1. The summed E-state index contributed by atoms with van der Waals surface area (Å²) in [5, 5.41) is 20.0. The molecule has 0 unspecified atom stereocenters. The summed E-state index contributed by atoms with van der Waals surface area (Å²) < 4.78 is 1.07. The van der Waals surface area contributed by atoms with E-state index in [4.69, 9.17) is 0 Å². The molecule has 6 nitrogen and oxygen atoms in total. The number of halogens is 1. The number of carbonyl (C=O) groups is 1. The van der Waals surface area contributed by atoms with Crippen LogP contribution in [-0.2, 0) is 6.42 Å². The molecule has 1 aliphatic carbocycles. The van der Waals surface area contributed by atoms with Gasteiger partial charge in [0, 0.05) is 55.2 Å². The Kier molecular flexibility index (Phi) is 5.46. The molecule has 2 saturated heterocycles. The number of likely N-dealkylation sites (tertiary alicyclic amines) is 1. The fourth-order valence-corrected chi connectivity index (χ4v) is 5.76. The van der Waals surface area contributed by atoms with E-state index in [0.717, 1.165) is 43.4 Å². The van der Waals surface area contributed by atoms with Gasteiger partial charge in [0.15, 0.2) is 0 Å². The molecule has 1 amide bonds. The Morgan fingerprint density at radius 3 is 2.57 bits per heavy atom. The van der Waals surface area contributed by atoms with Gasteiger partial charge in [-0.15, -0.1) is 0 Å². The van der Waals surface area contributed by atoms with E-state index >= 15 is 0 Å². The van der Waals surface area contributed by atoms with E-state index in [9.17, 15) is 15.0 Å². The van der Waals surface area contributed by atoms with Crippen molar-refractivity contribution < 1.29 is 15.0 Å². The Labute approximate surface area is 175 Å². The second-order valence-corrected chi connectivity index (χ2v) is 9.77. The Morgan fingerprint density at radius 1 is 1.21 bits per heavy atom. The Hall–Kier alpha value is -1.15. The van der Waals surface area contributed by atoms with Crippen LogP contribution in [0.4, 0.5) is 4.79 Å². The van der Waals surface area contributed by atoms with Crippen LogP contribution in [-0.4, -0.2) is 81.4 Å². The third-order valence-corrected chi connectivity index (χ3v) is 7.62. The maximum absolute atomic E-state index is 11.2. The Balaban J connectivity index is 1.45. The Bertz CT molecular complexity index is 750. The summed E-state index contributed by atoms with van der Waals surface area (Å²) in [6.45, 7) is 8.61. The van der Waals surface area contributed by atoms with Crippen LogP contribution in [0.2, 0.25) is 0 Å². The van der Waals surface area contributed by atoms with Crippen LogP contribution in [0.1, 0.15) is 43.9 Å². The van der Waals surface area contributed by atoms with Gasteiger partial charge in [-0.25, -0.2) is 4.79 Å². The van der Waals surface area contributed by atoms with Crippen molar-refractivity contribution in [3.63, 3.8) is 0 Å². The first-order chi connectivity index (χ1) is 13.3. The monoisotopic (exact) mass is 451 g/mol. The predicted octanol–water partition coefficient (Wildman–Crippen LogP) is 2.95. The maximum atomic E-state index is 11.2.